The topological polar surface area (TPSA) is 76.7 Å². The molecule has 2 fully saturated rings. The second-order valence-electron chi connectivity index (χ2n) is 7.47. The summed E-state index contributed by atoms with van der Waals surface area (Å²) in [6, 6.07) is 9.15. The summed E-state index contributed by atoms with van der Waals surface area (Å²) in [5.41, 5.74) is 1.36. The molecule has 4 rings (SSSR count). The van der Waals surface area contributed by atoms with E-state index >= 15 is 0 Å². The first kappa shape index (κ1) is 20.3. The Kier molecular flexibility index (Phi) is 5.85. The first-order valence-corrected chi connectivity index (χ1v) is 11.8. The zero-order chi connectivity index (χ0) is 20.4. The number of nitrogens with one attached hydrogen (secondary N) is 1. The highest BCUT2D eigenvalue weighted by Gasteiger charge is 2.29. The van der Waals surface area contributed by atoms with Crippen LogP contribution in [0.1, 0.15) is 29.8 Å². The number of halogens is 1. The lowest BCUT2D eigenvalue weighted by molar-refractivity contribution is 0.0741. The molecule has 2 aliphatic heterocycles. The van der Waals surface area contributed by atoms with Gasteiger partial charge in [0.2, 0.25) is 10.0 Å². The van der Waals surface area contributed by atoms with Crippen LogP contribution in [0.3, 0.4) is 0 Å². The van der Waals surface area contributed by atoms with Crippen LogP contribution >= 0.6 is 11.6 Å². The summed E-state index contributed by atoms with van der Waals surface area (Å²) in [7, 11) is -3.54. The van der Waals surface area contributed by atoms with Crippen LogP contribution in [0.2, 0.25) is 5.02 Å². The number of sulfonamides is 1. The number of rotatable bonds is 4. The van der Waals surface area contributed by atoms with Crippen molar-refractivity contribution in [3.05, 3.63) is 47.2 Å². The lowest BCUT2D eigenvalue weighted by Crippen LogP contribution is -2.48. The van der Waals surface area contributed by atoms with Crippen LogP contribution in [0.4, 0.5) is 5.69 Å². The third kappa shape index (κ3) is 4.29. The molecule has 2 aliphatic rings. The van der Waals surface area contributed by atoms with Crippen LogP contribution in [-0.4, -0.2) is 67.8 Å². The molecule has 0 spiro atoms. The SMILES string of the molecule is O=C(c1cc(S(=O)(=O)N2CCCCC2)c[nH]1)N1CCN(c2cccc(Cl)c2)CC1. The molecular formula is C20H25ClN4O3S. The number of anilines is 1. The number of aromatic nitrogens is 1. The van der Waals surface area contributed by atoms with E-state index < -0.39 is 10.0 Å². The van der Waals surface area contributed by atoms with E-state index in [9.17, 15) is 13.2 Å². The minimum Gasteiger partial charge on any atom is -0.368 e. The minimum absolute atomic E-state index is 0.167. The van der Waals surface area contributed by atoms with Crippen molar-refractivity contribution in [3.63, 3.8) is 0 Å². The molecule has 7 nitrogen and oxygen atoms in total. The van der Waals surface area contributed by atoms with Crippen LogP contribution in [-0.2, 0) is 10.0 Å². The van der Waals surface area contributed by atoms with Crippen molar-refractivity contribution in [1.82, 2.24) is 14.2 Å². The fourth-order valence-corrected chi connectivity index (χ4v) is 5.61. The maximum atomic E-state index is 12.9. The third-order valence-corrected chi connectivity index (χ3v) is 7.69. The number of carbonyl (C=O) groups excluding carboxylic acids is 1. The number of amides is 1. The highest BCUT2D eigenvalue weighted by Crippen LogP contribution is 2.23. The van der Waals surface area contributed by atoms with Crippen molar-refractivity contribution < 1.29 is 13.2 Å². The van der Waals surface area contributed by atoms with Gasteiger partial charge in [-0.2, -0.15) is 4.31 Å². The summed E-state index contributed by atoms with van der Waals surface area (Å²) in [6.07, 6.45) is 4.25. The number of carbonyl (C=O) groups is 1. The van der Waals surface area contributed by atoms with Crippen molar-refractivity contribution in [1.29, 1.82) is 0 Å². The maximum Gasteiger partial charge on any atom is 0.270 e. The van der Waals surface area contributed by atoms with E-state index in [1.807, 2.05) is 24.3 Å². The number of nitrogens with zero attached hydrogens (tertiary/aromatic N) is 3. The standard InChI is InChI=1S/C20H25ClN4O3S/c21-16-5-4-6-17(13-16)23-9-11-24(12-10-23)20(26)19-14-18(15-22-19)29(27,28)25-7-2-1-3-8-25/h4-6,13-15,22H,1-3,7-12H2. The van der Waals surface area contributed by atoms with Gasteiger partial charge in [0.1, 0.15) is 10.6 Å². The first-order valence-electron chi connectivity index (χ1n) is 9.93. The Balaban J connectivity index is 1.41. The summed E-state index contributed by atoms with van der Waals surface area (Å²) >= 11 is 6.07. The Hall–Kier alpha value is -2.03. The molecule has 29 heavy (non-hydrogen) atoms. The van der Waals surface area contributed by atoms with E-state index in [0.29, 0.717) is 50.0 Å². The van der Waals surface area contributed by atoms with E-state index in [1.54, 1.807) is 4.90 Å². The molecule has 9 heteroatoms. The summed E-state index contributed by atoms with van der Waals surface area (Å²) in [5, 5.41) is 0.690. The van der Waals surface area contributed by atoms with Gasteiger partial charge in [0.15, 0.2) is 0 Å². The fourth-order valence-electron chi connectivity index (χ4n) is 3.91. The van der Waals surface area contributed by atoms with Gasteiger partial charge in [0, 0.05) is 56.2 Å². The van der Waals surface area contributed by atoms with Gasteiger partial charge in [-0.05, 0) is 37.1 Å². The van der Waals surface area contributed by atoms with Crippen LogP contribution in [0.5, 0.6) is 0 Å². The fraction of sp³-hybridized carbons (Fsp3) is 0.450. The number of H-pyrrole nitrogens is 1. The van der Waals surface area contributed by atoms with Gasteiger partial charge in [-0.15, -0.1) is 0 Å². The van der Waals surface area contributed by atoms with Gasteiger partial charge in [-0.3, -0.25) is 4.79 Å². The number of hydrogen-bond donors (Lipinski definition) is 1. The Morgan fingerprint density at radius 1 is 0.966 bits per heavy atom. The van der Waals surface area contributed by atoms with Crippen LogP contribution in [0, 0.1) is 0 Å². The largest absolute Gasteiger partial charge is 0.368 e. The van der Waals surface area contributed by atoms with Crippen molar-refractivity contribution in [2.24, 2.45) is 0 Å². The van der Waals surface area contributed by atoms with Gasteiger partial charge >= 0.3 is 0 Å². The van der Waals surface area contributed by atoms with Crippen LogP contribution in [0.25, 0.3) is 0 Å². The lowest BCUT2D eigenvalue weighted by atomic mass is 10.2. The van der Waals surface area contributed by atoms with Crippen LogP contribution < -0.4 is 4.90 Å². The van der Waals surface area contributed by atoms with Gasteiger partial charge in [0.05, 0.1) is 0 Å². The van der Waals surface area contributed by atoms with Gasteiger partial charge in [0.25, 0.3) is 5.91 Å². The molecule has 0 saturated carbocycles. The summed E-state index contributed by atoms with van der Waals surface area (Å²) in [5.74, 6) is -0.171. The summed E-state index contributed by atoms with van der Waals surface area (Å²) in [4.78, 5) is 19.8. The number of hydrogen-bond acceptors (Lipinski definition) is 4. The zero-order valence-corrected chi connectivity index (χ0v) is 17.8. The van der Waals surface area contributed by atoms with E-state index in [2.05, 4.69) is 9.88 Å². The van der Waals surface area contributed by atoms with Crippen molar-refractivity contribution in [3.8, 4) is 0 Å². The Morgan fingerprint density at radius 3 is 2.38 bits per heavy atom. The lowest BCUT2D eigenvalue weighted by Gasteiger charge is -2.36. The molecule has 156 valence electrons. The monoisotopic (exact) mass is 436 g/mol. The van der Waals surface area contributed by atoms with E-state index in [0.717, 1.165) is 24.9 Å². The molecule has 0 unspecified atom stereocenters. The third-order valence-electron chi connectivity index (χ3n) is 5.58. The van der Waals surface area contributed by atoms with Crippen molar-refractivity contribution in [2.45, 2.75) is 24.2 Å². The zero-order valence-electron chi connectivity index (χ0n) is 16.2. The molecule has 0 atom stereocenters. The molecule has 1 aromatic carbocycles. The second kappa shape index (κ2) is 8.38. The Labute approximate surface area is 176 Å². The van der Waals surface area contributed by atoms with Gasteiger partial charge < -0.3 is 14.8 Å². The molecule has 0 radical (unpaired) electrons. The average molecular weight is 437 g/mol. The normalized spacial score (nSPS) is 18.8. The second-order valence-corrected chi connectivity index (χ2v) is 9.85. The minimum atomic E-state index is -3.54. The van der Waals surface area contributed by atoms with Gasteiger partial charge in [-0.1, -0.05) is 24.1 Å². The average Bonchev–Trinajstić information content (AvgIpc) is 3.25. The maximum absolute atomic E-state index is 12.9. The molecule has 0 bridgehead atoms. The van der Waals surface area contributed by atoms with E-state index in [4.69, 9.17) is 11.6 Å². The Bertz CT molecular complexity index is 977. The van der Waals surface area contributed by atoms with E-state index in [-0.39, 0.29) is 10.8 Å². The van der Waals surface area contributed by atoms with E-state index in [1.165, 1.54) is 16.6 Å². The summed E-state index contributed by atoms with van der Waals surface area (Å²) < 4.78 is 27.1. The highest BCUT2D eigenvalue weighted by molar-refractivity contribution is 7.89. The van der Waals surface area contributed by atoms with Crippen molar-refractivity contribution >= 4 is 33.2 Å². The molecule has 1 aromatic heterocycles. The molecule has 2 aromatic rings. The quantitative estimate of drug-likeness (QED) is 0.799. The molecule has 3 heterocycles. The number of aromatic amines is 1. The summed E-state index contributed by atoms with van der Waals surface area (Å²) in [6.45, 7) is 3.62. The molecule has 0 aliphatic carbocycles. The molecular weight excluding hydrogens is 412 g/mol. The highest BCUT2D eigenvalue weighted by atomic mass is 35.5. The predicted octanol–water partition coefficient (Wildman–Crippen LogP) is 2.81. The number of piperidine rings is 1. The van der Waals surface area contributed by atoms with Crippen LogP contribution in [0.15, 0.2) is 41.4 Å². The number of piperazine rings is 1. The molecule has 1 amide bonds. The first-order chi connectivity index (χ1) is 13.9. The predicted molar refractivity (Wildman–Crippen MR) is 113 cm³/mol. The molecule has 2 saturated heterocycles. The molecule has 1 N–H and O–H groups in total. The van der Waals surface area contributed by atoms with Crippen molar-refractivity contribution in [2.75, 3.05) is 44.2 Å². The Morgan fingerprint density at radius 2 is 1.69 bits per heavy atom. The van der Waals surface area contributed by atoms with Gasteiger partial charge in [-0.25, -0.2) is 8.42 Å². The number of benzene rings is 1. The smallest absolute Gasteiger partial charge is 0.270 e.